The zero-order valence-corrected chi connectivity index (χ0v) is 8.77. The Kier molecular flexibility index (Phi) is 3.83. The summed E-state index contributed by atoms with van der Waals surface area (Å²) in [6, 6.07) is 6.43. The first-order valence-corrected chi connectivity index (χ1v) is 4.79. The van der Waals surface area contributed by atoms with Gasteiger partial charge in [-0.25, -0.2) is 4.39 Å². The zero-order chi connectivity index (χ0) is 10.6. The van der Waals surface area contributed by atoms with Crippen molar-refractivity contribution >= 4 is 22.9 Å². The zero-order valence-electron chi connectivity index (χ0n) is 7.96. The van der Waals surface area contributed by atoms with Gasteiger partial charge < -0.3 is 11.1 Å². The van der Waals surface area contributed by atoms with Crippen LogP contribution in [0.1, 0.15) is 13.3 Å². The summed E-state index contributed by atoms with van der Waals surface area (Å²) >= 11 is 4.78. The number of nitrogens with one attached hydrogen (secondary N) is 1. The third kappa shape index (κ3) is 3.70. The van der Waals surface area contributed by atoms with Crippen LogP contribution < -0.4 is 11.1 Å². The highest BCUT2D eigenvalue weighted by atomic mass is 32.1. The number of nitrogens with two attached hydrogens (primary N) is 1. The average molecular weight is 212 g/mol. The summed E-state index contributed by atoms with van der Waals surface area (Å²) in [5.41, 5.74) is 6.14. The van der Waals surface area contributed by atoms with Gasteiger partial charge in [-0.2, -0.15) is 0 Å². The molecule has 1 rings (SSSR count). The molecule has 1 aromatic rings. The van der Waals surface area contributed by atoms with Gasteiger partial charge >= 0.3 is 0 Å². The first-order chi connectivity index (χ1) is 6.58. The molecule has 1 unspecified atom stereocenters. The Morgan fingerprint density at radius 2 is 2.36 bits per heavy atom. The Balaban J connectivity index is 2.55. The second kappa shape index (κ2) is 4.91. The number of hydrogen-bond acceptors (Lipinski definition) is 2. The van der Waals surface area contributed by atoms with Gasteiger partial charge in [-0.1, -0.05) is 18.3 Å². The molecule has 0 aliphatic rings. The molecule has 4 heteroatoms. The number of hydrogen-bond donors (Lipinski definition) is 2. The van der Waals surface area contributed by atoms with Gasteiger partial charge in [0.1, 0.15) is 5.82 Å². The van der Waals surface area contributed by atoms with Crippen LogP contribution in [0.3, 0.4) is 0 Å². The molecule has 0 saturated carbocycles. The predicted molar refractivity (Wildman–Crippen MR) is 60.9 cm³/mol. The summed E-state index contributed by atoms with van der Waals surface area (Å²) in [5, 5.41) is 3.11. The van der Waals surface area contributed by atoms with E-state index in [0.29, 0.717) is 11.4 Å². The fourth-order valence-electron chi connectivity index (χ4n) is 1.22. The summed E-state index contributed by atoms with van der Waals surface area (Å²) in [4.78, 5) is 0.460. The van der Waals surface area contributed by atoms with Crippen LogP contribution in [0.4, 0.5) is 10.1 Å². The molecule has 0 fully saturated rings. The Hall–Kier alpha value is -1.16. The highest BCUT2D eigenvalue weighted by Crippen LogP contribution is 2.11. The van der Waals surface area contributed by atoms with Crippen LogP contribution in [0, 0.1) is 5.82 Å². The lowest BCUT2D eigenvalue weighted by Gasteiger charge is -2.14. The number of anilines is 1. The summed E-state index contributed by atoms with van der Waals surface area (Å²) < 4.78 is 12.8. The van der Waals surface area contributed by atoms with Gasteiger partial charge in [0.05, 0.1) is 4.99 Å². The molecule has 1 atom stereocenters. The summed E-state index contributed by atoms with van der Waals surface area (Å²) in [6.07, 6.45) is 0.603. The van der Waals surface area contributed by atoms with Gasteiger partial charge in [-0.15, -0.1) is 0 Å². The van der Waals surface area contributed by atoms with Crippen molar-refractivity contribution in [3.05, 3.63) is 30.1 Å². The van der Waals surface area contributed by atoms with Crippen molar-refractivity contribution in [1.29, 1.82) is 0 Å². The predicted octanol–water partition coefficient (Wildman–Crippen LogP) is 2.30. The van der Waals surface area contributed by atoms with E-state index in [1.165, 1.54) is 12.1 Å². The number of rotatable bonds is 4. The van der Waals surface area contributed by atoms with Gasteiger partial charge in [0.25, 0.3) is 0 Å². The number of benzene rings is 1. The average Bonchev–Trinajstić information content (AvgIpc) is 2.01. The Morgan fingerprint density at radius 1 is 1.64 bits per heavy atom. The first-order valence-electron chi connectivity index (χ1n) is 4.38. The number of thiocarbonyl (C=S) groups is 1. The highest BCUT2D eigenvalue weighted by molar-refractivity contribution is 7.80. The van der Waals surface area contributed by atoms with Crippen molar-refractivity contribution in [2.45, 2.75) is 19.4 Å². The van der Waals surface area contributed by atoms with Crippen LogP contribution in [0.5, 0.6) is 0 Å². The maximum absolute atomic E-state index is 12.8. The molecular weight excluding hydrogens is 199 g/mol. The van der Waals surface area contributed by atoms with E-state index in [1.807, 2.05) is 6.92 Å². The van der Waals surface area contributed by atoms with E-state index in [4.69, 9.17) is 18.0 Å². The lowest BCUT2D eigenvalue weighted by molar-refractivity contribution is 0.628. The number of halogens is 1. The van der Waals surface area contributed by atoms with Crippen molar-refractivity contribution in [3.8, 4) is 0 Å². The molecule has 0 aromatic heterocycles. The van der Waals surface area contributed by atoms with Crippen molar-refractivity contribution in [1.82, 2.24) is 0 Å². The first kappa shape index (κ1) is 10.9. The molecule has 2 nitrogen and oxygen atoms in total. The molecule has 0 saturated heterocycles. The van der Waals surface area contributed by atoms with Crippen molar-refractivity contribution in [2.75, 3.05) is 5.32 Å². The minimum absolute atomic E-state index is 0.120. The van der Waals surface area contributed by atoms with Crippen molar-refractivity contribution in [2.24, 2.45) is 5.73 Å². The van der Waals surface area contributed by atoms with E-state index < -0.39 is 0 Å². The van der Waals surface area contributed by atoms with Crippen LogP contribution in [0.25, 0.3) is 0 Å². The molecule has 3 N–H and O–H groups in total. The minimum Gasteiger partial charge on any atom is -0.393 e. The van der Waals surface area contributed by atoms with E-state index in [1.54, 1.807) is 12.1 Å². The van der Waals surface area contributed by atoms with Gasteiger partial charge in [0.2, 0.25) is 0 Å². The second-order valence-corrected chi connectivity index (χ2v) is 3.75. The maximum Gasteiger partial charge on any atom is 0.125 e. The highest BCUT2D eigenvalue weighted by Gasteiger charge is 2.03. The Morgan fingerprint density at radius 3 is 2.93 bits per heavy atom. The van der Waals surface area contributed by atoms with Crippen LogP contribution in [-0.4, -0.2) is 11.0 Å². The normalized spacial score (nSPS) is 12.1. The van der Waals surface area contributed by atoms with Crippen LogP contribution in [0.2, 0.25) is 0 Å². The summed E-state index contributed by atoms with van der Waals surface area (Å²) in [5.74, 6) is -0.252. The third-order valence-electron chi connectivity index (χ3n) is 1.75. The van der Waals surface area contributed by atoms with E-state index in [0.717, 1.165) is 5.69 Å². The minimum atomic E-state index is -0.252. The molecule has 0 amide bonds. The molecule has 0 aliphatic carbocycles. The van der Waals surface area contributed by atoms with Gasteiger partial charge in [-0.05, 0) is 25.1 Å². The molecule has 0 bridgehead atoms. The molecule has 0 heterocycles. The quantitative estimate of drug-likeness (QED) is 0.752. The molecule has 1 aromatic carbocycles. The van der Waals surface area contributed by atoms with Gasteiger partial charge in [0, 0.05) is 18.2 Å². The van der Waals surface area contributed by atoms with Gasteiger partial charge in [0.15, 0.2) is 0 Å². The van der Waals surface area contributed by atoms with Crippen LogP contribution >= 0.6 is 12.2 Å². The van der Waals surface area contributed by atoms with Crippen molar-refractivity contribution in [3.63, 3.8) is 0 Å². The Labute approximate surface area is 88.3 Å². The van der Waals surface area contributed by atoms with Crippen LogP contribution in [-0.2, 0) is 0 Å². The molecule has 0 radical (unpaired) electrons. The molecule has 14 heavy (non-hydrogen) atoms. The monoisotopic (exact) mass is 212 g/mol. The van der Waals surface area contributed by atoms with E-state index in [-0.39, 0.29) is 11.9 Å². The molecule has 76 valence electrons. The fraction of sp³-hybridized carbons (Fsp3) is 0.300. The second-order valence-electron chi connectivity index (χ2n) is 3.23. The largest absolute Gasteiger partial charge is 0.393 e. The van der Waals surface area contributed by atoms with E-state index in [9.17, 15) is 4.39 Å². The topological polar surface area (TPSA) is 38.0 Å². The molecule has 0 spiro atoms. The van der Waals surface area contributed by atoms with Crippen LogP contribution in [0.15, 0.2) is 24.3 Å². The molecular formula is C10H13FN2S. The van der Waals surface area contributed by atoms with E-state index in [2.05, 4.69) is 5.32 Å². The van der Waals surface area contributed by atoms with Crippen molar-refractivity contribution < 1.29 is 4.39 Å². The third-order valence-corrected chi connectivity index (χ3v) is 1.91. The van der Waals surface area contributed by atoms with E-state index >= 15 is 0 Å². The Bertz CT molecular complexity index is 328. The summed E-state index contributed by atoms with van der Waals surface area (Å²) in [7, 11) is 0. The standard InChI is InChI=1S/C10H13FN2S/c1-7(5-10(12)14)13-9-4-2-3-8(11)6-9/h2-4,6-7,13H,5H2,1H3,(H2,12,14). The molecule has 0 aliphatic heterocycles. The smallest absolute Gasteiger partial charge is 0.125 e. The maximum atomic E-state index is 12.8. The SMILES string of the molecule is CC(CC(N)=S)Nc1cccc(F)c1. The van der Waals surface area contributed by atoms with Gasteiger partial charge in [-0.3, -0.25) is 0 Å². The lowest BCUT2D eigenvalue weighted by atomic mass is 10.2. The lowest BCUT2D eigenvalue weighted by Crippen LogP contribution is -2.22. The summed E-state index contributed by atoms with van der Waals surface area (Å²) in [6.45, 7) is 1.95. The fourth-order valence-corrected chi connectivity index (χ4v) is 1.47.